The minimum Gasteiger partial charge on any atom is -0.492 e. The summed E-state index contributed by atoms with van der Waals surface area (Å²) in [6.07, 6.45) is 0. The smallest absolute Gasteiger partial charge is 0.123 e. The van der Waals surface area contributed by atoms with Gasteiger partial charge in [-0.15, -0.1) is 0 Å². The number of hydrogen-bond acceptors (Lipinski definition) is 2. The number of benzene rings is 2. The van der Waals surface area contributed by atoms with Crippen molar-refractivity contribution in [2.75, 3.05) is 13.2 Å². The average Bonchev–Trinajstić information content (AvgIpc) is 2.46. The zero-order valence-electron chi connectivity index (χ0n) is 11.3. The lowest BCUT2D eigenvalue weighted by Gasteiger charge is -2.14. The van der Waals surface area contributed by atoms with Crippen LogP contribution in [0.15, 0.2) is 53.0 Å². The van der Waals surface area contributed by atoms with Gasteiger partial charge in [0, 0.05) is 17.1 Å². The lowest BCUT2D eigenvalue weighted by molar-refractivity contribution is 0.307. The molecule has 0 radical (unpaired) electrons. The largest absolute Gasteiger partial charge is 0.492 e. The van der Waals surface area contributed by atoms with Crippen LogP contribution in [0.4, 0.5) is 4.39 Å². The lowest BCUT2D eigenvalue weighted by atomic mass is 10.1. The fraction of sp³-hybridized carbons (Fsp3) is 0.250. The van der Waals surface area contributed by atoms with Crippen LogP contribution in [-0.2, 0) is 0 Å². The van der Waals surface area contributed by atoms with Crippen molar-refractivity contribution >= 4 is 15.9 Å². The summed E-state index contributed by atoms with van der Waals surface area (Å²) in [5.41, 5.74) is 1.06. The van der Waals surface area contributed by atoms with Crippen molar-refractivity contribution in [2.24, 2.45) is 0 Å². The molecule has 106 valence electrons. The van der Waals surface area contributed by atoms with E-state index in [0.717, 1.165) is 22.3 Å². The van der Waals surface area contributed by atoms with Gasteiger partial charge in [-0.25, -0.2) is 4.39 Å². The quantitative estimate of drug-likeness (QED) is 0.792. The van der Waals surface area contributed by atoms with Crippen LogP contribution in [-0.4, -0.2) is 13.2 Å². The second-order valence-electron chi connectivity index (χ2n) is 4.53. The van der Waals surface area contributed by atoms with Crippen molar-refractivity contribution in [3.05, 3.63) is 64.4 Å². The molecule has 20 heavy (non-hydrogen) atoms. The van der Waals surface area contributed by atoms with Gasteiger partial charge in [0.1, 0.15) is 18.2 Å². The van der Waals surface area contributed by atoms with E-state index < -0.39 is 0 Å². The maximum atomic E-state index is 12.8. The number of hydrogen-bond donors (Lipinski definition) is 1. The van der Waals surface area contributed by atoms with Crippen LogP contribution >= 0.6 is 15.9 Å². The molecule has 0 aliphatic heterocycles. The van der Waals surface area contributed by atoms with Crippen molar-refractivity contribution in [3.8, 4) is 5.75 Å². The van der Waals surface area contributed by atoms with Crippen molar-refractivity contribution in [1.82, 2.24) is 5.32 Å². The molecule has 1 N–H and O–H groups in total. The van der Waals surface area contributed by atoms with Gasteiger partial charge in [0.15, 0.2) is 0 Å². The predicted molar refractivity (Wildman–Crippen MR) is 82.5 cm³/mol. The van der Waals surface area contributed by atoms with Crippen LogP contribution in [0, 0.1) is 5.82 Å². The lowest BCUT2D eigenvalue weighted by Crippen LogP contribution is -2.24. The highest BCUT2D eigenvalue weighted by Gasteiger charge is 2.04. The molecule has 0 amide bonds. The second kappa shape index (κ2) is 7.41. The molecule has 0 fully saturated rings. The molecule has 0 saturated carbocycles. The highest BCUT2D eigenvalue weighted by Crippen LogP contribution is 2.16. The van der Waals surface area contributed by atoms with Crippen LogP contribution < -0.4 is 10.1 Å². The highest BCUT2D eigenvalue weighted by molar-refractivity contribution is 9.10. The van der Waals surface area contributed by atoms with Crippen LogP contribution in [0.5, 0.6) is 5.75 Å². The fourth-order valence-corrected chi connectivity index (χ4v) is 2.11. The summed E-state index contributed by atoms with van der Waals surface area (Å²) >= 11 is 3.38. The third-order valence-electron chi connectivity index (χ3n) is 3.00. The Bertz CT molecular complexity index is 527. The summed E-state index contributed by atoms with van der Waals surface area (Å²) in [7, 11) is 0. The topological polar surface area (TPSA) is 21.3 Å². The first-order valence-corrected chi connectivity index (χ1v) is 7.31. The Hall–Kier alpha value is -1.39. The Morgan fingerprint density at radius 3 is 2.40 bits per heavy atom. The van der Waals surface area contributed by atoms with E-state index in [1.807, 2.05) is 31.2 Å². The predicted octanol–water partition coefficient (Wildman–Crippen LogP) is 4.32. The number of ether oxygens (including phenoxy) is 1. The first-order chi connectivity index (χ1) is 9.65. The molecular formula is C16H17BrFNO. The monoisotopic (exact) mass is 337 g/mol. The standard InChI is InChI=1S/C16H17BrFNO/c1-12(13-2-6-15(18)7-3-13)19-10-11-20-16-8-4-14(17)5-9-16/h2-9,12,19H,10-11H2,1H3/t12-/m1/s1. The van der Waals surface area contributed by atoms with E-state index in [-0.39, 0.29) is 11.9 Å². The van der Waals surface area contributed by atoms with Crippen LogP contribution in [0.25, 0.3) is 0 Å². The van der Waals surface area contributed by atoms with E-state index in [9.17, 15) is 4.39 Å². The third-order valence-corrected chi connectivity index (χ3v) is 3.53. The molecule has 1 atom stereocenters. The normalized spacial score (nSPS) is 12.2. The average molecular weight is 338 g/mol. The molecule has 0 heterocycles. The van der Waals surface area contributed by atoms with Crippen LogP contribution in [0.2, 0.25) is 0 Å². The van der Waals surface area contributed by atoms with Crippen molar-refractivity contribution in [2.45, 2.75) is 13.0 Å². The summed E-state index contributed by atoms with van der Waals surface area (Å²) in [5, 5.41) is 3.34. The van der Waals surface area contributed by atoms with Crippen molar-refractivity contribution < 1.29 is 9.13 Å². The zero-order chi connectivity index (χ0) is 14.4. The van der Waals surface area contributed by atoms with Crippen molar-refractivity contribution in [1.29, 1.82) is 0 Å². The maximum Gasteiger partial charge on any atom is 0.123 e. The maximum absolute atomic E-state index is 12.8. The summed E-state index contributed by atoms with van der Waals surface area (Å²) in [5.74, 6) is 0.643. The Labute approximate surface area is 127 Å². The van der Waals surface area contributed by atoms with Gasteiger partial charge in [-0.3, -0.25) is 0 Å². The molecule has 0 unspecified atom stereocenters. The number of nitrogens with one attached hydrogen (secondary N) is 1. The molecule has 2 aromatic carbocycles. The molecule has 4 heteroatoms. The van der Waals surface area contributed by atoms with Crippen LogP contribution in [0.3, 0.4) is 0 Å². The molecular weight excluding hydrogens is 321 g/mol. The van der Waals surface area contributed by atoms with E-state index in [4.69, 9.17) is 4.74 Å². The van der Waals surface area contributed by atoms with E-state index in [1.165, 1.54) is 12.1 Å². The molecule has 2 rings (SSSR count). The van der Waals surface area contributed by atoms with Gasteiger partial charge in [-0.1, -0.05) is 28.1 Å². The van der Waals surface area contributed by atoms with Gasteiger partial charge < -0.3 is 10.1 Å². The Kier molecular flexibility index (Phi) is 5.56. The first-order valence-electron chi connectivity index (χ1n) is 6.52. The molecule has 0 aromatic heterocycles. The second-order valence-corrected chi connectivity index (χ2v) is 5.45. The summed E-state index contributed by atoms with van der Waals surface area (Å²) in [6, 6.07) is 14.5. The fourth-order valence-electron chi connectivity index (χ4n) is 1.84. The van der Waals surface area contributed by atoms with Gasteiger partial charge in [-0.2, -0.15) is 0 Å². The van der Waals surface area contributed by atoms with E-state index >= 15 is 0 Å². The SMILES string of the molecule is C[C@@H](NCCOc1ccc(Br)cc1)c1ccc(F)cc1. The Balaban J connectivity index is 1.72. The summed E-state index contributed by atoms with van der Waals surface area (Å²) in [4.78, 5) is 0. The van der Waals surface area contributed by atoms with Gasteiger partial charge in [0.05, 0.1) is 0 Å². The molecule has 0 bridgehead atoms. The van der Waals surface area contributed by atoms with E-state index in [0.29, 0.717) is 6.61 Å². The van der Waals surface area contributed by atoms with Crippen LogP contribution in [0.1, 0.15) is 18.5 Å². The molecule has 0 spiro atoms. The summed E-state index contributed by atoms with van der Waals surface area (Å²) < 4.78 is 19.5. The van der Waals surface area contributed by atoms with E-state index in [1.54, 1.807) is 12.1 Å². The summed E-state index contributed by atoms with van der Waals surface area (Å²) in [6.45, 7) is 3.37. The zero-order valence-corrected chi connectivity index (χ0v) is 12.9. The minimum absolute atomic E-state index is 0.170. The molecule has 0 aliphatic rings. The third kappa shape index (κ3) is 4.62. The van der Waals surface area contributed by atoms with E-state index in [2.05, 4.69) is 21.2 Å². The van der Waals surface area contributed by atoms with Gasteiger partial charge >= 0.3 is 0 Å². The first kappa shape index (κ1) is 15.0. The number of rotatable bonds is 6. The Morgan fingerprint density at radius 2 is 1.75 bits per heavy atom. The highest BCUT2D eigenvalue weighted by atomic mass is 79.9. The van der Waals surface area contributed by atoms with Gasteiger partial charge in [-0.05, 0) is 48.9 Å². The Morgan fingerprint density at radius 1 is 1.10 bits per heavy atom. The minimum atomic E-state index is -0.209. The molecule has 2 aromatic rings. The molecule has 0 saturated heterocycles. The van der Waals surface area contributed by atoms with Gasteiger partial charge in [0.2, 0.25) is 0 Å². The molecule has 2 nitrogen and oxygen atoms in total. The van der Waals surface area contributed by atoms with Gasteiger partial charge in [0.25, 0.3) is 0 Å². The molecule has 0 aliphatic carbocycles. The number of halogens is 2. The van der Waals surface area contributed by atoms with Crippen molar-refractivity contribution in [3.63, 3.8) is 0 Å².